The van der Waals surface area contributed by atoms with Crippen LogP contribution in [0.1, 0.15) is 319 Å². The Morgan fingerprint density at radius 3 is 0.892 bits per heavy atom. The molecule has 2 aliphatic heterocycles. The molecule has 4 heterocycles. The zero-order chi connectivity index (χ0) is 53.2. The number of carbonyl (C=O) groups excluding carboxylic acids is 2. The number of aryl methyl sites for hydroxylation is 2. The minimum absolute atomic E-state index is 0.0704. The van der Waals surface area contributed by atoms with Crippen molar-refractivity contribution in [1.29, 1.82) is 0 Å². The predicted octanol–water partition coefficient (Wildman–Crippen LogP) is 23.2. The molecule has 74 heavy (non-hydrogen) atoms. The third-order valence-electron chi connectivity index (χ3n) is 16.5. The van der Waals surface area contributed by atoms with Crippen LogP contribution in [0.15, 0.2) is 30.9 Å². The molecule has 2 aliphatic rings. The Morgan fingerprint density at radius 2 is 0.608 bits per heavy atom. The zero-order valence-electron chi connectivity index (χ0n) is 48.7. The highest BCUT2D eigenvalue weighted by Gasteiger charge is 2.50. The van der Waals surface area contributed by atoms with E-state index in [4.69, 9.17) is 0 Å². The fourth-order valence-corrected chi connectivity index (χ4v) is 15.5. The van der Waals surface area contributed by atoms with Gasteiger partial charge in [-0.2, -0.15) is 0 Å². The first-order chi connectivity index (χ1) is 36.2. The third-order valence-corrected chi connectivity index (χ3v) is 20.4. The lowest BCUT2D eigenvalue weighted by Crippen LogP contribution is -2.34. The van der Waals surface area contributed by atoms with Gasteiger partial charge in [0.15, 0.2) is 0 Å². The predicted molar refractivity (Wildman–Crippen MR) is 334 cm³/mol. The molecule has 2 atom stereocenters. The van der Waals surface area contributed by atoms with E-state index in [1.54, 1.807) is 22.7 Å². The fourth-order valence-electron chi connectivity index (χ4n) is 11.9. The zero-order valence-corrected chi connectivity index (χ0v) is 53.5. The lowest BCUT2D eigenvalue weighted by molar-refractivity contribution is -0.124. The van der Waals surface area contributed by atoms with Crippen LogP contribution in [0.4, 0.5) is 0 Å². The number of fused-ring (bicyclic) bond motifs is 1. The summed E-state index contributed by atoms with van der Waals surface area (Å²) < 4.78 is 2.33. The van der Waals surface area contributed by atoms with Gasteiger partial charge in [0, 0.05) is 13.1 Å². The summed E-state index contributed by atoms with van der Waals surface area (Å²) in [6.45, 7) is 15.2. The molecule has 0 spiro atoms. The first kappa shape index (κ1) is 65.3. The van der Waals surface area contributed by atoms with Gasteiger partial charge in [-0.15, -0.1) is 22.7 Å². The maximum absolute atomic E-state index is 15.9. The summed E-state index contributed by atoms with van der Waals surface area (Å²) in [6.07, 6.45) is 52.7. The van der Waals surface area contributed by atoms with Crippen molar-refractivity contribution in [2.45, 2.75) is 311 Å². The molecule has 2 aromatic rings. The molecule has 0 saturated carbocycles. The number of hydrogen-bond donors (Lipinski definition) is 0. The second-order valence-electron chi connectivity index (χ2n) is 23.1. The third kappa shape index (κ3) is 22.9. The molecule has 0 fully saturated rings. The normalized spacial score (nSPS) is 14.8. The van der Waals surface area contributed by atoms with E-state index in [9.17, 15) is 0 Å². The van der Waals surface area contributed by atoms with Crippen molar-refractivity contribution >= 4 is 77.7 Å². The Kier molecular flexibility index (Phi) is 35.3. The number of thiophene rings is 2. The summed E-state index contributed by atoms with van der Waals surface area (Å²) in [5.74, 6) is 0.957. The van der Waals surface area contributed by atoms with Crippen LogP contribution in [0.3, 0.4) is 0 Å². The minimum Gasteiger partial charge on any atom is -0.306 e. The van der Waals surface area contributed by atoms with Gasteiger partial charge in [-0.1, -0.05) is 260 Å². The van der Waals surface area contributed by atoms with E-state index >= 15 is 9.59 Å². The summed E-state index contributed by atoms with van der Waals surface area (Å²) >= 11 is 11.7. The van der Waals surface area contributed by atoms with E-state index in [1.807, 2.05) is 0 Å². The molecule has 0 aromatic carbocycles. The summed E-state index contributed by atoms with van der Waals surface area (Å²) in [7, 11) is 0. The van der Waals surface area contributed by atoms with Gasteiger partial charge in [0.1, 0.15) is 0 Å². The van der Waals surface area contributed by atoms with Crippen LogP contribution in [0.2, 0.25) is 0 Å². The highest BCUT2D eigenvalue weighted by molar-refractivity contribution is 9.11. The number of carbonyl (C=O) groups is 2. The Hall–Kier alpha value is -1.22. The Balaban J connectivity index is 1.80. The van der Waals surface area contributed by atoms with Crippen molar-refractivity contribution in [1.82, 2.24) is 9.80 Å². The van der Waals surface area contributed by atoms with Crippen molar-refractivity contribution < 1.29 is 9.59 Å². The van der Waals surface area contributed by atoms with Gasteiger partial charge in [0.25, 0.3) is 11.8 Å². The van der Waals surface area contributed by atoms with E-state index in [1.165, 1.54) is 242 Å². The largest absolute Gasteiger partial charge is 0.306 e. The summed E-state index contributed by atoms with van der Waals surface area (Å²) in [5, 5.41) is 0. The van der Waals surface area contributed by atoms with Gasteiger partial charge < -0.3 is 9.80 Å². The van der Waals surface area contributed by atoms with Crippen LogP contribution in [0.25, 0.3) is 11.4 Å². The second-order valence-corrected chi connectivity index (χ2v) is 27.8. The van der Waals surface area contributed by atoms with Crippen molar-refractivity contribution in [3.8, 4) is 0 Å². The van der Waals surface area contributed by atoms with Crippen LogP contribution >= 0.6 is 54.5 Å². The quantitative estimate of drug-likeness (QED) is 0.0620. The molecule has 422 valence electrons. The van der Waals surface area contributed by atoms with Crippen LogP contribution in [0, 0.1) is 11.8 Å². The van der Waals surface area contributed by atoms with Crippen molar-refractivity contribution in [3.05, 3.63) is 51.7 Å². The van der Waals surface area contributed by atoms with Gasteiger partial charge in [0.2, 0.25) is 0 Å². The minimum atomic E-state index is 0.0704. The average molecular weight is 1190 g/mol. The molecular weight excluding hydrogens is 1080 g/mol. The lowest BCUT2D eigenvalue weighted by atomic mass is 9.93. The number of rotatable bonds is 48. The first-order valence-corrected chi connectivity index (χ1v) is 35.2. The lowest BCUT2D eigenvalue weighted by Gasteiger charge is -2.29. The van der Waals surface area contributed by atoms with Crippen molar-refractivity contribution in [2.24, 2.45) is 11.8 Å². The molecule has 2 amide bonds. The van der Waals surface area contributed by atoms with E-state index in [-0.39, 0.29) is 11.8 Å². The maximum Gasteiger partial charge on any atom is 0.261 e. The number of halogens is 2. The van der Waals surface area contributed by atoms with E-state index in [0.29, 0.717) is 36.1 Å². The molecule has 0 N–H and O–H groups in total. The second kappa shape index (κ2) is 40.0. The van der Waals surface area contributed by atoms with Gasteiger partial charge in [-0.05, 0) is 118 Å². The monoisotopic (exact) mass is 1180 g/mol. The maximum atomic E-state index is 15.9. The standard InChI is InChI=1S/C66H110Br2N2O2S2/c1-7-13-19-25-29-31-35-41-47-55-49-57(73-63(55)67)61-59-60(66(72)69(61)51-53(43-37-23-17-11-5)45-39-33-27-21-15-9-3)62(58-50-56(64(68)74-58)48-42-36-32-30-26-20-14-8-2)70(65(59)71)52-54(44-38-24-18-12-6)46-40-34-28-22-16-10-4/h49-50,53-54H,7-48,51-52H2,1-6H3. The molecule has 2 unspecified atom stereocenters. The molecular formula is C66H110Br2N2O2S2. The summed E-state index contributed by atoms with van der Waals surface area (Å²) in [6, 6.07) is 4.75. The average Bonchev–Trinajstić information content (AvgIpc) is 4.11. The van der Waals surface area contributed by atoms with E-state index in [2.05, 4.69) is 95.3 Å². The topological polar surface area (TPSA) is 40.6 Å². The SMILES string of the molecule is CCCCCCCCCCc1cc(C2=C3C(=O)N(CC(CCCCCC)CCCCCCCC)C(c4cc(CCCCCCCCCC)c(Br)s4)=C3C(=O)N2CC(CCCCCC)CCCCCCCC)sc1Br. The van der Waals surface area contributed by atoms with Crippen molar-refractivity contribution in [2.75, 3.05) is 13.1 Å². The molecule has 0 radical (unpaired) electrons. The fraction of sp³-hybridized carbons (Fsp3) is 0.788. The molecule has 0 bridgehead atoms. The Bertz CT molecular complexity index is 1760. The number of amides is 2. The number of nitrogens with zero attached hydrogens (tertiary/aromatic N) is 2. The van der Waals surface area contributed by atoms with Gasteiger partial charge >= 0.3 is 0 Å². The highest BCUT2D eigenvalue weighted by Crippen LogP contribution is 2.51. The summed E-state index contributed by atoms with van der Waals surface area (Å²) in [4.78, 5) is 38.3. The van der Waals surface area contributed by atoms with Crippen LogP contribution < -0.4 is 0 Å². The highest BCUT2D eigenvalue weighted by atomic mass is 79.9. The first-order valence-electron chi connectivity index (χ1n) is 31.9. The van der Waals surface area contributed by atoms with Crippen LogP contribution in [-0.2, 0) is 22.4 Å². The molecule has 0 saturated heterocycles. The van der Waals surface area contributed by atoms with Crippen LogP contribution in [-0.4, -0.2) is 34.7 Å². The van der Waals surface area contributed by atoms with Gasteiger partial charge in [-0.3, -0.25) is 9.59 Å². The van der Waals surface area contributed by atoms with Crippen molar-refractivity contribution in [3.63, 3.8) is 0 Å². The summed E-state index contributed by atoms with van der Waals surface area (Å²) in [5.41, 5.74) is 5.88. The Labute approximate surface area is 481 Å². The smallest absolute Gasteiger partial charge is 0.261 e. The van der Waals surface area contributed by atoms with Gasteiger partial charge in [-0.25, -0.2) is 0 Å². The molecule has 2 aromatic heterocycles. The van der Waals surface area contributed by atoms with Crippen LogP contribution in [0.5, 0.6) is 0 Å². The molecule has 0 aliphatic carbocycles. The van der Waals surface area contributed by atoms with E-state index in [0.717, 1.165) is 67.2 Å². The van der Waals surface area contributed by atoms with E-state index < -0.39 is 0 Å². The molecule has 8 heteroatoms. The molecule has 4 nitrogen and oxygen atoms in total. The van der Waals surface area contributed by atoms with Gasteiger partial charge in [0.05, 0.1) is 39.9 Å². The Morgan fingerprint density at radius 1 is 0.365 bits per heavy atom. The number of unbranched alkanes of at least 4 members (excludes halogenated alkanes) is 30. The number of hydrogen-bond acceptors (Lipinski definition) is 4. The molecule has 4 rings (SSSR count).